The molecule has 2 N–H and O–H groups in total. The number of benzene rings is 2. The molecule has 0 aromatic heterocycles. The molecule has 0 saturated carbocycles. The molecule has 2 aromatic carbocycles. The first-order valence-electron chi connectivity index (χ1n) is 6.49. The lowest BCUT2D eigenvalue weighted by atomic mass is 9.93. The van der Waals surface area contributed by atoms with Crippen molar-refractivity contribution in [2.45, 2.75) is 32.7 Å². The Labute approximate surface area is 110 Å². The van der Waals surface area contributed by atoms with E-state index in [2.05, 4.69) is 55.5 Å². The Morgan fingerprint density at radius 2 is 1.28 bits per heavy atom. The van der Waals surface area contributed by atoms with Crippen LogP contribution < -0.4 is 5.73 Å². The van der Waals surface area contributed by atoms with Crippen molar-refractivity contribution in [1.82, 2.24) is 0 Å². The summed E-state index contributed by atoms with van der Waals surface area (Å²) in [5.41, 5.74) is 10.8. The monoisotopic (exact) mass is 239 g/mol. The van der Waals surface area contributed by atoms with Crippen LogP contribution >= 0.6 is 0 Å². The average molecular weight is 239 g/mol. The fourth-order valence-electron chi connectivity index (χ4n) is 2.03. The number of hydrogen-bond acceptors (Lipinski definition) is 1. The zero-order valence-corrected chi connectivity index (χ0v) is 11.4. The third-order valence-corrected chi connectivity index (χ3v) is 3.32. The molecule has 2 aromatic rings. The minimum Gasteiger partial charge on any atom is -0.322 e. The molecule has 0 radical (unpaired) electrons. The fraction of sp³-hybridized carbons (Fsp3) is 0.294. The zero-order chi connectivity index (χ0) is 13.2. The van der Waals surface area contributed by atoms with Crippen molar-refractivity contribution in [3.8, 4) is 11.1 Å². The van der Waals surface area contributed by atoms with E-state index in [0.29, 0.717) is 0 Å². The summed E-state index contributed by atoms with van der Waals surface area (Å²) in [7, 11) is 0. The van der Waals surface area contributed by atoms with E-state index in [1.807, 2.05) is 13.8 Å². The van der Waals surface area contributed by atoms with E-state index in [-0.39, 0.29) is 5.54 Å². The van der Waals surface area contributed by atoms with E-state index in [4.69, 9.17) is 5.73 Å². The minimum absolute atomic E-state index is 0.273. The van der Waals surface area contributed by atoms with E-state index in [1.54, 1.807) is 0 Å². The number of nitrogens with two attached hydrogens (primary N) is 1. The molecular formula is C17H21N. The molecule has 0 atom stereocenters. The van der Waals surface area contributed by atoms with E-state index in [1.165, 1.54) is 16.7 Å². The summed E-state index contributed by atoms with van der Waals surface area (Å²) in [6.07, 6.45) is 1.08. The van der Waals surface area contributed by atoms with E-state index in [0.717, 1.165) is 12.0 Å². The van der Waals surface area contributed by atoms with Crippen molar-refractivity contribution in [1.29, 1.82) is 0 Å². The highest BCUT2D eigenvalue weighted by molar-refractivity contribution is 5.64. The van der Waals surface area contributed by atoms with Crippen LogP contribution in [-0.2, 0) is 12.0 Å². The molecule has 1 heteroatoms. The van der Waals surface area contributed by atoms with Gasteiger partial charge in [0.05, 0.1) is 0 Å². The average Bonchev–Trinajstić information content (AvgIpc) is 2.38. The van der Waals surface area contributed by atoms with Crippen molar-refractivity contribution < 1.29 is 0 Å². The molecule has 1 nitrogen and oxygen atoms in total. The number of hydrogen-bond donors (Lipinski definition) is 1. The largest absolute Gasteiger partial charge is 0.322 e. The summed E-state index contributed by atoms with van der Waals surface area (Å²) >= 11 is 0. The van der Waals surface area contributed by atoms with Gasteiger partial charge in [0.1, 0.15) is 0 Å². The van der Waals surface area contributed by atoms with Crippen LogP contribution in [0, 0.1) is 0 Å². The Morgan fingerprint density at radius 1 is 0.833 bits per heavy atom. The lowest BCUT2D eigenvalue weighted by Gasteiger charge is -2.19. The van der Waals surface area contributed by atoms with Gasteiger partial charge >= 0.3 is 0 Å². The quantitative estimate of drug-likeness (QED) is 0.857. The van der Waals surface area contributed by atoms with Gasteiger partial charge in [-0.25, -0.2) is 0 Å². The van der Waals surface area contributed by atoms with Crippen molar-refractivity contribution >= 4 is 0 Å². The van der Waals surface area contributed by atoms with Gasteiger partial charge in [0.25, 0.3) is 0 Å². The van der Waals surface area contributed by atoms with Crippen molar-refractivity contribution in [2.75, 3.05) is 0 Å². The van der Waals surface area contributed by atoms with Gasteiger partial charge in [0.15, 0.2) is 0 Å². The van der Waals surface area contributed by atoms with E-state index in [9.17, 15) is 0 Å². The van der Waals surface area contributed by atoms with Gasteiger partial charge in [-0.3, -0.25) is 0 Å². The summed E-state index contributed by atoms with van der Waals surface area (Å²) in [6, 6.07) is 17.3. The third kappa shape index (κ3) is 2.80. The zero-order valence-electron chi connectivity index (χ0n) is 11.4. The predicted octanol–water partition coefficient (Wildman–Crippen LogP) is 4.11. The van der Waals surface area contributed by atoms with Crippen LogP contribution in [-0.4, -0.2) is 0 Å². The second-order valence-corrected chi connectivity index (χ2v) is 5.35. The molecule has 0 fully saturated rings. The van der Waals surface area contributed by atoms with Crippen molar-refractivity contribution in [3.05, 3.63) is 59.7 Å². The van der Waals surface area contributed by atoms with Crippen LogP contribution in [0.2, 0.25) is 0 Å². The van der Waals surface area contributed by atoms with Crippen LogP contribution in [0.25, 0.3) is 11.1 Å². The molecule has 0 bridgehead atoms. The Balaban J connectivity index is 2.28. The fourth-order valence-corrected chi connectivity index (χ4v) is 2.03. The van der Waals surface area contributed by atoms with Crippen LogP contribution in [0.1, 0.15) is 31.9 Å². The lowest BCUT2D eigenvalue weighted by molar-refractivity contribution is 0.554. The molecule has 0 spiro atoms. The maximum atomic E-state index is 6.08. The van der Waals surface area contributed by atoms with Crippen LogP contribution in [0.4, 0.5) is 0 Å². The normalized spacial score (nSPS) is 11.6. The lowest BCUT2D eigenvalue weighted by Crippen LogP contribution is -2.28. The maximum absolute atomic E-state index is 6.08. The summed E-state index contributed by atoms with van der Waals surface area (Å²) < 4.78 is 0. The standard InChI is InChI=1S/C17H21N/c1-4-13-5-7-14(8-6-13)15-9-11-16(12-10-15)17(2,3)18/h5-12H,4,18H2,1-3H3. The molecule has 0 unspecified atom stereocenters. The van der Waals surface area contributed by atoms with Gasteiger partial charge in [-0.2, -0.15) is 0 Å². The predicted molar refractivity (Wildman–Crippen MR) is 78.5 cm³/mol. The molecule has 0 amide bonds. The molecule has 0 aliphatic heterocycles. The third-order valence-electron chi connectivity index (χ3n) is 3.32. The first-order chi connectivity index (χ1) is 8.50. The van der Waals surface area contributed by atoms with Gasteiger partial charge in [-0.05, 0) is 42.5 Å². The second-order valence-electron chi connectivity index (χ2n) is 5.35. The Bertz CT molecular complexity index is 501. The Hall–Kier alpha value is -1.60. The summed E-state index contributed by atoms with van der Waals surface area (Å²) in [4.78, 5) is 0. The number of rotatable bonds is 3. The first-order valence-corrected chi connectivity index (χ1v) is 6.49. The molecule has 94 valence electrons. The van der Waals surface area contributed by atoms with Crippen LogP contribution in [0.15, 0.2) is 48.5 Å². The highest BCUT2D eigenvalue weighted by Gasteiger charge is 2.13. The molecule has 0 heterocycles. The Morgan fingerprint density at radius 3 is 1.67 bits per heavy atom. The number of aryl methyl sites for hydroxylation is 1. The van der Waals surface area contributed by atoms with E-state index < -0.39 is 0 Å². The highest BCUT2D eigenvalue weighted by Crippen LogP contribution is 2.23. The van der Waals surface area contributed by atoms with Gasteiger partial charge in [0.2, 0.25) is 0 Å². The van der Waals surface area contributed by atoms with Gasteiger partial charge in [0, 0.05) is 5.54 Å². The maximum Gasteiger partial charge on any atom is 0.0352 e. The van der Waals surface area contributed by atoms with Crippen molar-refractivity contribution in [3.63, 3.8) is 0 Å². The van der Waals surface area contributed by atoms with Gasteiger partial charge in [-0.1, -0.05) is 55.5 Å². The topological polar surface area (TPSA) is 26.0 Å². The first kappa shape index (κ1) is 12.8. The summed E-state index contributed by atoms with van der Waals surface area (Å²) in [6.45, 7) is 6.23. The van der Waals surface area contributed by atoms with Gasteiger partial charge in [-0.15, -0.1) is 0 Å². The molecule has 0 aliphatic rings. The molecule has 0 saturated heterocycles. The second kappa shape index (κ2) is 4.95. The summed E-state index contributed by atoms with van der Waals surface area (Å²) in [5.74, 6) is 0. The van der Waals surface area contributed by atoms with Gasteiger partial charge < -0.3 is 5.73 Å². The smallest absolute Gasteiger partial charge is 0.0352 e. The molecule has 0 aliphatic carbocycles. The van der Waals surface area contributed by atoms with Crippen LogP contribution in [0.3, 0.4) is 0 Å². The summed E-state index contributed by atoms with van der Waals surface area (Å²) in [5, 5.41) is 0. The van der Waals surface area contributed by atoms with Crippen LogP contribution in [0.5, 0.6) is 0 Å². The van der Waals surface area contributed by atoms with Crippen molar-refractivity contribution in [2.24, 2.45) is 5.73 Å². The van der Waals surface area contributed by atoms with E-state index >= 15 is 0 Å². The molecular weight excluding hydrogens is 218 g/mol. The Kier molecular flexibility index (Phi) is 3.53. The minimum atomic E-state index is -0.273. The molecule has 18 heavy (non-hydrogen) atoms. The highest BCUT2D eigenvalue weighted by atomic mass is 14.7. The molecule has 2 rings (SSSR count). The SMILES string of the molecule is CCc1ccc(-c2ccc(C(C)(C)N)cc2)cc1.